The van der Waals surface area contributed by atoms with Gasteiger partial charge in [-0.1, -0.05) is 36.4 Å². The van der Waals surface area contributed by atoms with E-state index in [-0.39, 0.29) is 10.5 Å². The molecule has 0 heterocycles. The van der Waals surface area contributed by atoms with E-state index in [9.17, 15) is 13.2 Å². The molecule has 0 spiro atoms. The number of hydrogen-bond donors (Lipinski definition) is 1. The summed E-state index contributed by atoms with van der Waals surface area (Å²) in [5, 5.41) is 0.417. The molecule has 0 atom stereocenters. The van der Waals surface area contributed by atoms with Gasteiger partial charge in [-0.05, 0) is 42.0 Å². The molecule has 2 rings (SSSR count). The van der Waals surface area contributed by atoms with Crippen LogP contribution in [0.1, 0.15) is 15.9 Å². The van der Waals surface area contributed by atoms with Crippen molar-refractivity contribution in [1.82, 2.24) is 4.72 Å². The predicted molar refractivity (Wildman–Crippen MR) is 82.6 cm³/mol. The van der Waals surface area contributed by atoms with Crippen molar-refractivity contribution in [3.8, 4) is 0 Å². The Morgan fingerprint density at radius 3 is 2.14 bits per heavy atom. The van der Waals surface area contributed by atoms with E-state index in [0.29, 0.717) is 5.02 Å². The molecule has 0 aliphatic heterocycles. The molecule has 4 nitrogen and oxygen atoms in total. The second-order valence-corrected chi connectivity index (χ2v) is 6.33. The Labute approximate surface area is 128 Å². The smallest absolute Gasteiger partial charge is 0.264 e. The van der Waals surface area contributed by atoms with E-state index in [0.717, 1.165) is 5.56 Å². The number of rotatable bonds is 4. The van der Waals surface area contributed by atoms with E-state index < -0.39 is 15.9 Å². The van der Waals surface area contributed by atoms with E-state index in [4.69, 9.17) is 11.6 Å². The standard InChI is InChI=1S/C15H12ClNO3S/c1-2-11-3-5-12(6-4-11)15(18)17-21(19,20)14-9-7-13(16)8-10-14/h2-10H,1H2,(H,17,18). The van der Waals surface area contributed by atoms with Gasteiger partial charge in [0.1, 0.15) is 0 Å². The summed E-state index contributed by atoms with van der Waals surface area (Å²) in [7, 11) is -3.92. The van der Waals surface area contributed by atoms with Crippen LogP contribution in [0.4, 0.5) is 0 Å². The number of benzene rings is 2. The van der Waals surface area contributed by atoms with Crippen molar-refractivity contribution < 1.29 is 13.2 Å². The minimum atomic E-state index is -3.92. The molecule has 2 aromatic rings. The van der Waals surface area contributed by atoms with Crippen molar-refractivity contribution in [3.63, 3.8) is 0 Å². The van der Waals surface area contributed by atoms with Crippen LogP contribution >= 0.6 is 11.6 Å². The second kappa shape index (κ2) is 6.11. The molecular formula is C15H12ClNO3S. The molecule has 2 aromatic carbocycles. The molecule has 0 bridgehead atoms. The molecule has 0 saturated carbocycles. The monoisotopic (exact) mass is 321 g/mol. The Bertz CT molecular complexity index is 766. The molecule has 0 aromatic heterocycles. The summed E-state index contributed by atoms with van der Waals surface area (Å²) in [6.07, 6.45) is 1.63. The van der Waals surface area contributed by atoms with Crippen LogP contribution in [-0.4, -0.2) is 14.3 Å². The Hall–Kier alpha value is -2.11. The zero-order chi connectivity index (χ0) is 15.5. The van der Waals surface area contributed by atoms with E-state index >= 15 is 0 Å². The average Bonchev–Trinajstić information content (AvgIpc) is 2.47. The van der Waals surface area contributed by atoms with Crippen LogP contribution in [0.2, 0.25) is 5.02 Å². The van der Waals surface area contributed by atoms with Crippen molar-refractivity contribution >= 4 is 33.6 Å². The highest BCUT2D eigenvalue weighted by atomic mass is 35.5. The molecule has 0 aliphatic rings. The molecule has 0 unspecified atom stereocenters. The first kappa shape index (κ1) is 15.3. The van der Waals surface area contributed by atoms with Crippen molar-refractivity contribution in [2.75, 3.05) is 0 Å². The number of hydrogen-bond acceptors (Lipinski definition) is 3. The fraction of sp³-hybridized carbons (Fsp3) is 0. The fourth-order valence-corrected chi connectivity index (χ4v) is 2.72. The minimum absolute atomic E-state index is 0.0250. The van der Waals surface area contributed by atoms with E-state index in [2.05, 4.69) is 6.58 Å². The second-order valence-electron chi connectivity index (χ2n) is 4.21. The van der Waals surface area contributed by atoms with Crippen molar-refractivity contribution in [1.29, 1.82) is 0 Å². The Balaban J connectivity index is 2.21. The first-order valence-corrected chi connectivity index (χ1v) is 7.84. The van der Waals surface area contributed by atoms with Crippen LogP contribution in [0.3, 0.4) is 0 Å². The van der Waals surface area contributed by atoms with Gasteiger partial charge in [-0.3, -0.25) is 4.79 Å². The Kier molecular flexibility index (Phi) is 4.45. The topological polar surface area (TPSA) is 63.2 Å². The van der Waals surface area contributed by atoms with E-state index in [1.807, 2.05) is 4.72 Å². The van der Waals surface area contributed by atoms with Gasteiger partial charge in [-0.25, -0.2) is 13.1 Å². The maximum absolute atomic E-state index is 12.1. The van der Waals surface area contributed by atoms with Gasteiger partial charge >= 0.3 is 0 Å². The highest BCUT2D eigenvalue weighted by Gasteiger charge is 2.18. The maximum Gasteiger partial charge on any atom is 0.264 e. The first-order chi connectivity index (χ1) is 9.92. The summed E-state index contributed by atoms with van der Waals surface area (Å²) < 4.78 is 26.1. The van der Waals surface area contributed by atoms with Gasteiger partial charge in [0.2, 0.25) is 0 Å². The third-order valence-electron chi connectivity index (χ3n) is 2.76. The summed E-state index contributed by atoms with van der Waals surface area (Å²) in [4.78, 5) is 11.9. The Morgan fingerprint density at radius 1 is 1.05 bits per heavy atom. The van der Waals surface area contributed by atoms with E-state index in [1.165, 1.54) is 36.4 Å². The van der Waals surface area contributed by atoms with Gasteiger partial charge in [0.25, 0.3) is 15.9 Å². The summed E-state index contributed by atoms with van der Waals surface area (Å²) in [6, 6.07) is 12.0. The molecule has 0 aliphatic carbocycles. The lowest BCUT2D eigenvalue weighted by Crippen LogP contribution is -2.30. The normalized spacial score (nSPS) is 10.9. The summed E-state index contributed by atoms with van der Waals surface area (Å²) in [5.41, 5.74) is 1.09. The zero-order valence-corrected chi connectivity index (χ0v) is 12.5. The third kappa shape index (κ3) is 3.71. The van der Waals surface area contributed by atoms with Gasteiger partial charge in [0, 0.05) is 10.6 Å². The quantitative estimate of drug-likeness (QED) is 0.941. The van der Waals surface area contributed by atoms with Crippen LogP contribution in [0, 0.1) is 0 Å². The van der Waals surface area contributed by atoms with Gasteiger partial charge < -0.3 is 0 Å². The lowest BCUT2D eigenvalue weighted by Gasteiger charge is -2.07. The third-order valence-corrected chi connectivity index (χ3v) is 4.36. The van der Waals surface area contributed by atoms with Crippen LogP contribution in [0.25, 0.3) is 6.08 Å². The maximum atomic E-state index is 12.1. The highest BCUT2D eigenvalue weighted by molar-refractivity contribution is 7.90. The molecule has 21 heavy (non-hydrogen) atoms. The number of halogens is 1. The molecule has 0 fully saturated rings. The number of amides is 1. The first-order valence-electron chi connectivity index (χ1n) is 5.97. The molecular weight excluding hydrogens is 310 g/mol. The number of nitrogens with one attached hydrogen (secondary N) is 1. The minimum Gasteiger partial charge on any atom is -0.268 e. The molecule has 108 valence electrons. The van der Waals surface area contributed by atoms with Crippen LogP contribution in [0.15, 0.2) is 60.0 Å². The van der Waals surface area contributed by atoms with Gasteiger partial charge in [-0.2, -0.15) is 0 Å². The predicted octanol–water partition coefficient (Wildman–Crippen LogP) is 3.10. The largest absolute Gasteiger partial charge is 0.268 e. The van der Waals surface area contributed by atoms with Crippen molar-refractivity contribution in [2.24, 2.45) is 0 Å². The lowest BCUT2D eigenvalue weighted by molar-refractivity contribution is 0.0981. The van der Waals surface area contributed by atoms with Gasteiger partial charge in [0.15, 0.2) is 0 Å². The molecule has 0 saturated heterocycles. The fourth-order valence-electron chi connectivity index (χ4n) is 1.62. The van der Waals surface area contributed by atoms with Gasteiger partial charge in [-0.15, -0.1) is 0 Å². The molecule has 6 heteroatoms. The lowest BCUT2D eigenvalue weighted by atomic mass is 10.1. The number of sulfonamides is 1. The number of carbonyl (C=O) groups is 1. The summed E-state index contributed by atoms with van der Waals surface area (Å²) >= 11 is 5.70. The summed E-state index contributed by atoms with van der Waals surface area (Å²) in [5.74, 6) is -0.694. The van der Waals surface area contributed by atoms with Crippen LogP contribution in [-0.2, 0) is 10.0 Å². The van der Waals surface area contributed by atoms with Crippen molar-refractivity contribution in [3.05, 3.63) is 71.3 Å². The van der Waals surface area contributed by atoms with Crippen LogP contribution < -0.4 is 4.72 Å². The average molecular weight is 322 g/mol. The molecule has 1 amide bonds. The van der Waals surface area contributed by atoms with E-state index in [1.54, 1.807) is 18.2 Å². The molecule has 0 radical (unpaired) electrons. The number of carbonyl (C=O) groups excluding carboxylic acids is 1. The van der Waals surface area contributed by atoms with Gasteiger partial charge in [0.05, 0.1) is 4.90 Å². The zero-order valence-electron chi connectivity index (χ0n) is 10.9. The SMILES string of the molecule is C=Cc1ccc(C(=O)NS(=O)(=O)c2ccc(Cl)cc2)cc1. The Morgan fingerprint density at radius 2 is 1.62 bits per heavy atom. The summed E-state index contributed by atoms with van der Waals surface area (Å²) in [6.45, 7) is 3.60. The molecule has 1 N–H and O–H groups in total. The van der Waals surface area contributed by atoms with Crippen molar-refractivity contribution in [2.45, 2.75) is 4.90 Å². The highest BCUT2D eigenvalue weighted by Crippen LogP contribution is 2.14. The van der Waals surface area contributed by atoms with Crippen LogP contribution in [0.5, 0.6) is 0 Å².